The zero-order valence-corrected chi connectivity index (χ0v) is 11.3. The van der Waals surface area contributed by atoms with E-state index in [2.05, 4.69) is 10.6 Å². The molecule has 1 aliphatic rings. The molecule has 0 spiro atoms. The van der Waals surface area contributed by atoms with Crippen LogP contribution in [0.25, 0.3) is 0 Å². The number of para-hydroxylation sites is 1. The van der Waals surface area contributed by atoms with Gasteiger partial charge < -0.3 is 5.32 Å². The van der Waals surface area contributed by atoms with Crippen molar-refractivity contribution in [3.63, 3.8) is 0 Å². The van der Waals surface area contributed by atoms with Crippen molar-refractivity contribution >= 4 is 34.5 Å². The zero-order chi connectivity index (χ0) is 14.0. The van der Waals surface area contributed by atoms with E-state index in [4.69, 9.17) is 0 Å². The van der Waals surface area contributed by atoms with Crippen LogP contribution in [0.4, 0.5) is 10.5 Å². The fraction of sp³-hybridized carbons (Fsp3) is 0.154. The van der Waals surface area contributed by atoms with Crippen molar-refractivity contribution in [1.82, 2.24) is 5.32 Å². The molecule has 19 heavy (non-hydrogen) atoms. The first-order chi connectivity index (χ1) is 8.97. The number of imide groups is 1. The third-order valence-electron chi connectivity index (χ3n) is 2.63. The number of amides is 3. The molecular formula is C13H12N2O3S. The molecule has 98 valence electrons. The Bertz CT molecular complexity index is 588. The van der Waals surface area contributed by atoms with Crippen LogP contribution < -0.4 is 10.6 Å². The number of hydrogen-bond acceptors (Lipinski definition) is 4. The van der Waals surface area contributed by atoms with Gasteiger partial charge in [-0.2, -0.15) is 0 Å². The first kappa shape index (κ1) is 13.4. The van der Waals surface area contributed by atoms with Crippen LogP contribution >= 0.6 is 11.8 Å². The number of carbonyl (C=O) groups is 3. The summed E-state index contributed by atoms with van der Waals surface area (Å²) in [6.45, 7) is 3.77. The molecule has 2 rings (SSSR count). The number of rotatable bonds is 2. The lowest BCUT2D eigenvalue weighted by atomic mass is 10.1. The predicted octanol–water partition coefficient (Wildman–Crippen LogP) is 2.11. The second kappa shape index (κ2) is 5.27. The summed E-state index contributed by atoms with van der Waals surface area (Å²) >= 11 is 0.722. The van der Waals surface area contributed by atoms with Gasteiger partial charge in [0.15, 0.2) is 0 Å². The molecule has 0 unspecified atom stereocenters. The SMILES string of the molecule is Cc1cccc(C)c1NC(=O)/C=C1\SC(=O)NC1=O. The molecule has 0 aromatic heterocycles. The number of hydrogen-bond donors (Lipinski definition) is 2. The number of thioether (sulfide) groups is 1. The van der Waals surface area contributed by atoms with E-state index in [0.717, 1.165) is 34.7 Å². The number of carbonyl (C=O) groups excluding carboxylic acids is 3. The fourth-order valence-electron chi connectivity index (χ4n) is 1.71. The van der Waals surface area contributed by atoms with Crippen LogP contribution in [0.3, 0.4) is 0 Å². The molecule has 0 bridgehead atoms. The monoisotopic (exact) mass is 276 g/mol. The Kier molecular flexibility index (Phi) is 3.71. The van der Waals surface area contributed by atoms with Gasteiger partial charge in [-0.1, -0.05) is 18.2 Å². The highest BCUT2D eigenvalue weighted by Crippen LogP contribution is 2.24. The molecule has 1 aliphatic heterocycles. The summed E-state index contributed by atoms with van der Waals surface area (Å²) in [5.41, 5.74) is 2.59. The van der Waals surface area contributed by atoms with Crippen LogP contribution in [0.1, 0.15) is 11.1 Å². The number of aryl methyl sites for hydroxylation is 2. The molecule has 1 fully saturated rings. The van der Waals surface area contributed by atoms with Crippen molar-refractivity contribution in [2.75, 3.05) is 5.32 Å². The quantitative estimate of drug-likeness (QED) is 0.811. The van der Waals surface area contributed by atoms with Crippen molar-refractivity contribution in [2.24, 2.45) is 0 Å². The molecule has 0 atom stereocenters. The average Bonchev–Trinajstić information content (AvgIpc) is 2.63. The Labute approximate surface area is 114 Å². The summed E-state index contributed by atoms with van der Waals surface area (Å²) in [5, 5.41) is 4.35. The Morgan fingerprint density at radius 1 is 1.26 bits per heavy atom. The maximum absolute atomic E-state index is 11.8. The molecule has 1 saturated heterocycles. The molecule has 0 saturated carbocycles. The lowest BCUT2D eigenvalue weighted by Crippen LogP contribution is -2.19. The second-order valence-electron chi connectivity index (χ2n) is 4.11. The first-order valence-corrected chi connectivity index (χ1v) is 6.41. The highest BCUT2D eigenvalue weighted by molar-refractivity contribution is 8.18. The summed E-state index contributed by atoms with van der Waals surface area (Å²) in [4.78, 5) is 34.2. The van der Waals surface area contributed by atoms with Crippen LogP contribution in [-0.4, -0.2) is 17.1 Å². The van der Waals surface area contributed by atoms with Crippen LogP contribution in [0.15, 0.2) is 29.2 Å². The summed E-state index contributed by atoms with van der Waals surface area (Å²) < 4.78 is 0. The van der Waals surface area contributed by atoms with Gasteiger partial charge in [0.1, 0.15) is 0 Å². The maximum Gasteiger partial charge on any atom is 0.290 e. The lowest BCUT2D eigenvalue weighted by molar-refractivity contribution is -0.116. The standard InChI is InChI=1S/C13H12N2O3S/c1-7-4-3-5-8(2)11(7)14-10(16)6-9-12(17)15-13(18)19-9/h3-6H,1-2H3,(H,14,16)(H,15,17,18)/b9-6-. The third-order valence-corrected chi connectivity index (χ3v) is 3.44. The first-order valence-electron chi connectivity index (χ1n) is 5.59. The van der Waals surface area contributed by atoms with Crippen molar-refractivity contribution in [2.45, 2.75) is 13.8 Å². The molecule has 2 N–H and O–H groups in total. The normalized spacial score (nSPS) is 16.6. The number of nitrogens with one attached hydrogen (secondary N) is 2. The van der Waals surface area contributed by atoms with Gasteiger partial charge in [-0.05, 0) is 36.7 Å². The van der Waals surface area contributed by atoms with Gasteiger partial charge in [-0.15, -0.1) is 0 Å². The van der Waals surface area contributed by atoms with Crippen LogP contribution in [-0.2, 0) is 9.59 Å². The molecule has 1 heterocycles. The lowest BCUT2D eigenvalue weighted by Gasteiger charge is -2.09. The Morgan fingerprint density at radius 2 is 1.89 bits per heavy atom. The molecule has 1 aromatic rings. The predicted molar refractivity (Wildman–Crippen MR) is 73.8 cm³/mol. The summed E-state index contributed by atoms with van der Waals surface area (Å²) in [7, 11) is 0. The summed E-state index contributed by atoms with van der Waals surface area (Å²) in [6, 6.07) is 5.67. The van der Waals surface area contributed by atoms with Crippen molar-refractivity contribution in [3.05, 3.63) is 40.3 Å². The van der Waals surface area contributed by atoms with Crippen molar-refractivity contribution in [1.29, 1.82) is 0 Å². The van der Waals surface area contributed by atoms with Gasteiger partial charge in [-0.25, -0.2) is 0 Å². The van der Waals surface area contributed by atoms with Gasteiger partial charge in [0.25, 0.3) is 11.1 Å². The molecule has 1 aromatic carbocycles. The largest absolute Gasteiger partial charge is 0.322 e. The van der Waals surface area contributed by atoms with Gasteiger partial charge in [-0.3, -0.25) is 19.7 Å². The highest BCUT2D eigenvalue weighted by Gasteiger charge is 2.26. The minimum Gasteiger partial charge on any atom is -0.322 e. The molecule has 5 nitrogen and oxygen atoms in total. The van der Waals surface area contributed by atoms with E-state index in [0.29, 0.717) is 0 Å². The van der Waals surface area contributed by atoms with Crippen LogP contribution in [0.5, 0.6) is 0 Å². The summed E-state index contributed by atoms with van der Waals surface area (Å²) in [6.07, 6.45) is 1.14. The van der Waals surface area contributed by atoms with E-state index in [1.165, 1.54) is 0 Å². The van der Waals surface area contributed by atoms with E-state index >= 15 is 0 Å². The van der Waals surface area contributed by atoms with Crippen molar-refractivity contribution < 1.29 is 14.4 Å². The summed E-state index contributed by atoms with van der Waals surface area (Å²) in [5.74, 6) is -0.962. The van der Waals surface area contributed by atoms with E-state index in [-0.39, 0.29) is 4.91 Å². The minimum absolute atomic E-state index is 0.105. The molecule has 6 heteroatoms. The minimum atomic E-state index is -0.536. The van der Waals surface area contributed by atoms with Gasteiger partial charge in [0.2, 0.25) is 5.91 Å². The zero-order valence-electron chi connectivity index (χ0n) is 10.4. The second-order valence-corrected chi connectivity index (χ2v) is 5.12. The van der Waals surface area contributed by atoms with Crippen LogP contribution in [0, 0.1) is 13.8 Å². The van der Waals surface area contributed by atoms with E-state index < -0.39 is 17.1 Å². The molecule has 3 amide bonds. The number of anilines is 1. The third kappa shape index (κ3) is 3.03. The molecule has 0 aliphatic carbocycles. The maximum atomic E-state index is 11.8. The van der Waals surface area contributed by atoms with E-state index in [1.807, 2.05) is 32.0 Å². The average molecular weight is 276 g/mol. The topological polar surface area (TPSA) is 75.3 Å². The molecule has 0 radical (unpaired) electrons. The highest BCUT2D eigenvalue weighted by atomic mass is 32.2. The van der Waals surface area contributed by atoms with E-state index in [1.54, 1.807) is 0 Å². The van der Waals surface area contributed by atoms with Crippen molar-refractivity contribution in [3.8, 4) is 0 Å². The van der Waals surface area contributed by atoms with Gasteiger partial charge >= 0.3 is 0 Å². The van der Waals surface area contributed by atoms with Gasteiger partial charge in [0.05, 0.1) is 4.91 Å². The number of benzene rings is 1. The smallest absolute Gasteiger partial charge is 0.290 e. The Morgan fingerprint density at radius 3 is 2.42 bits per heavy atom. The fourth-order valence-corrected chi connectivity index (χ4v) is 2.36. The van der Waals surface area contributed by atoms with Gasteiger partial charge in [0, 0.05) is 11.8 Å². The van der Waals surface area contributed by atoms with Crippen LogP contribution in [0.2, 0.25) is 0 Å². The Balaban J connectivity index is 2.16. The Hall–Kier alpha value is -2.08. The molecular weight excluding hydrogens is 264 g/mol. The van der Waals surface area contributed by atoms with E-state index in [9.17, 15) is 14.4 Å².